The number of hydrogen-bond donors (Lipinski definition) is 2. The molecular weight excluding hydrogens is 321 g/mol. The highest BCUT2D eigenvalue weighted by Crippen LogP contribution is 2.22. The Labute approximate surface area is 148 Å². The van der Waals surface area contributed by atoms with Gasteiger partial charge in [-0.05, 0) is 37.8 Å². The van der Waals surface area contributed by atoms with Crippen molar-refractivity contribution in [2.75, 3.05) is 39.1 Å². The van der Waals surface area contributed by atoms with Crippen LogP contribution in [0.1, 0.15) is 37.1 Å². The van der Waals surface area contributed by atoms with Gasteiger partial charge in [0.15, 0.2) is 5.82 Å². The number of aromatic nitrogens is 3. The van der Waals surface area contributed by atoms with E-state index in [0.717, 1.165) is 55.6 Å². The predicted octanol–water partition coefficient (Wildman–Crippen LogP) is 2.49. The van der Waals surface area contributed by atoms with Crippen LogP contribution in [-0.4, -0.2) is 59.4 Å². The van der Waals surface area contributed by atoms with Crippen LogP contribution >= 0.6 is 0 Å². The molecule has 0 bridgehead atoms. The Morgan fingerprint density at radius 2 is 2.20 bits per heavy atom. The summed E-state index contributed by atoms with van der Waals surface area (Å²) in [4.78, 5) is 14.4. The maximum absolute atomic E-state index is 13.2. The molecule has 3 N–H and O–H groups in total. The standard InChI is InChI=1S/C18H28FN5O/c1-25-10-7-15-22-16-13(11-21-17(16)18(20)23-15)5-3-2-4-8-24-9-6-14(19)12-24/h11,14,21H,2-10,12H2,1H3,(H2,20,22,23)/t14-/m1/s1. The van der Waals surface area contributed by atoms with Crippen molar-refractivity contribution in [1.82, 2.24) is 19.9 Å². The van der Waals surface area contributed by atoms with Gasteiger partial charge >= 0.3 is 0 Å². The third-order valence-corrected chi connectivity index (χ3v) is 4.84. The number of hydrogen-bond acceptors (Lipinski definition) is 5. The fraction of sp³-hybridized carbons (Fsp3) is 0.667. The largest absolute Gasteiger partial charge is 0.384 e. The molecule has 0 unspecified atom stereocenters. The van der Waals surface area contributed by atoms with Gasteiger partial charge in [0.2, 0.25) is 0 Å². The number of aryl methyl sites for hydroxylation is 1. The summed E-state index contributed by atoms with van der Waals surface area (Å²) in [6, 6.07) is 0. The molecule has 1 aliphatic heterocycles. The van der Waals surface area contributed by atoms with Crippen LogP contribution in [0.4, 0.5) is 10.2 Å². The summed E-state index contributed by atoms with van der Waals surface area (Å²) in [5.74, 6) is 1.22. The van der Waals surface area contributed by atoms with E-state index in [1.165, 1.54) is 5.56 Å². The van der Waals surface area contributed by atoms with Gasteiger partial charge in [0.1, 0.15) is 17.5 Å². The zero-order valence-electron chi connectivity index (χ0n) is 14.9. The van der Waals surface area contributed by atoms with E-state index >= 15 is 0 Å². The Morgan fingerprint density at radius 1 is 1.32 bits per heavy atom. The second-order valence-electron chi connectivity index (χ2n) is 6.80. The minimum absolute atomic E-state index is 0.497. The second-order valence-corrected chi connectivity index (χ2v) is 6.80. The van der Waals surface area contributed by atoms with Gasteiger partial charge in [0, 0.05) is 32.8 Å². The van der Waals surface area contributed by atoms with E-state index in [9.17, 15) is 4.39 Å². The Hall–Kier alpha value is -1.73. The number of anilines is 1. The van der Waals surface area contributed by atoms with Crippen LogP contribution in [0.25, 0.3) is 11.0 Å². The highest BCUT2D eigenvalue weighted by atomic mass is 19.1. The minimum atomic E-state index is -0.622. The van der Waals surface area contributed by atoms with Crippen LogP contribution in [-0.2, 0) is 17.6 Å². The molecular formula is C18H28FN5O. The first-order valence-electron chi connectivity index (χ1n) is 9.15. The number of ether oxygens (including phenoxy) is 1. The maximum atomic E-state index is 13.2. The molecule has 6 nitrogen and oxygen atoms in total. The number of nitrogens with one attached hydrogen (secondary N) is 1. The predicted molar refractivity (Wildman–Crippen MR) is 97.4 cm³/mol. The molecule has 0 aromatic carbocycles. The Balaban J connectivity index is 1.51. The molecule has 0 radical (unpaired) electrons. The Morgan fingerprint density at radius 3 is 2.96 bits per heavy atom. The zero-order chi connectivity index (χ0) is 17.6. The molecule has 2 aromatic rings. The van der Waals surface area contributed by atoms with E-state index in [-0.39, 0.29) is 0 Å². The number of methoxy groups -OCH3 is 1. The van der Waals surface area contributed by atoms with Gasteiger partial charge in [-0.25, -0.2) is 14.4 Å². The van der Waals surface area contributed by atoms with Crippen LogP contribution < -0.4 is 5.73 Å². The van der Waals surface area contributed by atoms with Gasteiger partial charge in [-0.2, -0.15) is 0 Å². The Kier molecular flexibility index (Phi) is 6.20. The van der Waals surface area contributed by atoms with Crippen molar-refractivity contribution in [1.29, 1.82) is 0 Å². The molecule has 1 saturated heterocycles. The number of nitrogen functional groups attached to an aromatic ring is 1. The van der Waals surface area contributed by atoms with Crippen molar-refractivity contribution >= 4 is 16.9 Å². The molecule has 3 rings (SSSR count). The summed E-state index contributed by atoms with van der Waals surface area (Å²) in [6.45, 7) is 3.11. The van der Waals surface area contributed by atoms with Crippen LogP contribution in [0.3, 0.4) is 0 Å². The molecule has 2 aromatic heterocycles. The van der Waals surface area contributed by atoms with E-state index in [4.69, 9.17) is 10.5 Å². The van der Waals surface area contributed by atoms with Crippen molar-refractivity contribution in [2.24, 2.45) is 0 Å². The third kappa shape index (κ3) is 4.67. The van der Waals surface area contributed by atoms with Crippen LogP contribution in [0.15, 0.2) is 6.20 Å². The molecule has 0 spiro atoms. The van der Waals surface area contributed by atoms with Crippen LogP contribution in [0.2, 0.25) is 0 Å². The third-order valence-electron chi connectivity index (χ3n) is 4.84. The molecule has 0 amide bonds. The lowest BCUT2D eigenvalue weighted by molar-refractivity contribution is 0.200. The molecule has 0 aliphatic carbocycles. The summed E-state index contributed by atoms with van der Waals surface area (Å²) in [6.07, 6.45) is 7.04. The molecule has 7 heteroatoms. The SMILES string of the molecule is COCCc1nc(N)c2[nH]cc(CCCCCN3CC[C@@H](F)C3)c2n1. The number of aromatic amines is 1. The second kappa shape index (κ2) is 8.58. The van der Waals surface area contributed by atoms with E-state index in [0.29, 0.717) is 31.8 Å². The monoisotopic (exact) mass is 349 g/mol. The number of alkyl halides is 1. The molecule has 138 valence electrons. The van der Waals surface area contributed by atoms with Gasteiger partial charge in [-0.1, -0.05) is 6.42 Å². The number of H-pyrrole nitrogens is 1. The normalized spacial score (nSPS) is 18.4. The van der Waals surface area contributed by atoms with E-state index in [1.54, 1.807) is 7.11 Å². The maximum Gasteiger partial charge on any atom is 0.151 e. The van der Waals surface area contributed by atoms with Crippen LogP contribution in [0.5, 0.6) is 0 Å². The number of halogens is 1. The topological polar surface area (TPSA) is 80.1 Å². The first-order chi connectivity index (χ1) is 12.2. The number of fused-ring (bicyclic) bond motifs is 1. The number of nitrogens with two attached hydrogens (primary N) is 1. The van der Waals surface area contributed by atoms with Crippen LogP contribution in [0, 0.1) is 0 Å². The summed E-state index contributed by atoms with van der Waals surface area (Å²) in [5, 5.41) is 0. The lowest BCUT2D eigenvalue weighted by Crippen LogP contribution is -2.22. The number of likely N-dealkylation sites (tertiary alicyclic amines) is 1. The van der Waals surface area contributed by atoms with Gasteiger partial charge < -0.3 is 20.4 Å². The molecule has 3 heterocycles. The Bertz CT molecular complexity index is 689. The number of rotatable bonds is 9. The van der Waals surface area contributed by atoms with Gasteiger partial charge in [-0.3, -0.25) is 0 Å². The molecule has 1 fully saturated rings. The highest BCUT2D eigenvalue weighted by Gasteiger charge is 2.20. The van der Waals surface area contributed by atoms with Gasteiger partial charge in [-0.15, -0.1) is 0 Å². The van der Waals surface area contributed by atoms with Crippen molar-refractivity contribution < 1.29 is 9.13 Å². The van der Waals surface area contributed by atoms with Crippen molar-refractivity contribution in [3.63, 3.8) is 0 Å². The van der Waals surface area contributed by atoms with E-state index in [2.05, 4.69) is 19.9 Å². The van der Waals surface area contributed by atoms with Crippen molar-refractivity contribution in [3.8, 4) is 0 Å². The summed E-state index contributed by atoms with van der Waals surface area (Å²) in [5.41, 5.74) is 8.98. The first-order valence-corrected chi connectivity index (χ1v) is 9.15. The quantitative estimate of drug-likeness (QED) is 0.680. The van der Waals surface area contributed by atoms with E-state index < -0.39 is 6.17 Å². The summed E-state index contributed by atoms with van der Waals surface area (Å²) >= 11 is 0. The molecule has 1 aliphatic rings. The average Bonchev–Trinajstić information content (AvgIpc) is 3.19. The molecule has 25 heavy (non-hydrogen) atoms. The van der Waals surface area contributed by atoms with Crippen molar-refractivity contribution in [2.45, 2.75) is 44.7 Å². The summed E-state index contributed by atoms with van der Waals surface area (Å²) in [7, 11) is 1.67. The average molecular weight is 349 g/mol. The van der Waals surface area contributed by atoms with Gasteiger partial charge in [0.05, 0.1) is 12.1 Å². The zero-order valence-corrected chi connectivity index (χ0v) is 14.9. The molecule has 0 saturated carbocycles. The lowest BCUT2D eigenvalue weighted by atomic mass is 10.1. The lowest BCUT2D eigenvalue weighted by Gasteiger charge is -2.13. The smallest absolute Gasteiger partial charge is 0.151 e. The van der Waals surface area contributed by atoms with E-state index in [1.807, 2.05) is 6.20 Å². The number of nitrogens with zero attached hydrogens (tertiary/aromatic N) is 3. The fourth-order valence-corrected chi connectivity index (χ4v) is 3.44. The first kappa shape index (κ1) is 18.1. The van der Waals surface area contributed by atoms with Gasteiger partial charge in [0.25, 0.3) is 0 Å². The number of unbranched alkanes of at least 4 members (excludes halogenated alkanes) is 2. The van der Waals surface area contributed by atoms with Crippen molar-refractivity contribution in [3.05, 3.63) is 17.6 Å². The molecule has 1 atom stereocenters. The summed E-state index contributed by atoms with van der Waals surface area (Å²) < 4.78 is 18.2. The fourth-order valence-electron chi connectivity index (χ4n) is 3.44. The minimum Gasteiger partial charge on any atom is -0.384 e. The highest BCUT2D eigenvalue weighted by molar-refractivity contribution is 5.87.